The van der Waals surface area contributed by atoms with Crippen LogP contribution in [0.4, 0.5) is 0 Å². The second-order valence-electron chi connectivity index (χ2n) is 6.07. The molecule has 2 aliphatic rings. The molecule has 0 saturated heterocycles. The molecular weight excluding hydrogens is 182 g/mol. The van der Waals surface area contributed by atoms with E-state index in [0.29, 0.717) is 11.5 Å². The molecule has 0 aromatic heterocycles. The number of rotatable bonds is 3. The van der Waals surface area contributed by atoms with Gasteiger partial charge in [0.1, 0.15) is 0 Å². The number of fused-ring (bicyclic) bond motifs is 2. The molecule has 0 heterocycles. The van der Waals surface area contributed by atoms with Crippen LogP contribution in [0.1, 0.15) is 52.9 Å². The van der Waals surface area contributed by atoms with E-state index in [1.54, 1.807) is 5.57 Å². The number of hydrogen-bond acceptors (Lipinski definition) is 1. The van der Waals surface area contributed by atoms with E-state index in [9.17, 15) is 0 Å². The van der Waals surface area contributed by atoms with E-state index in [2.05, 4.69) is 32.2 Å². The van der Waals surface area contributed by atoms with Crippen LogP contribution in [0.15, 0.2) is 11.6 Å². The summed E-state index contributed by atoms with van der Waals surface area (Å²) in [4.78, 5) is 0. The van der Waals surface area contributed by atoms with E-state index >= 15 is 0 Å². The minimum absolute atomic E-state index is 0.603. The molecule has 1 N–H and O–H groups in total. The van der Waals surface area contributed by atoms with Crippen molar-refractivity contribution < 1.29 is 0 Å². The van der Waals surface area contributed by atoms with Gasteiger partial charge in [0.2, 0.25) is 0 Å². The average molecular weight is 207 g/mol. The van der Waals surface area contributed by atoms with Crippen LogP contribution in [-0.2, 0) is 0 Å². The predicted molar refractivity (Wildman–Crippen MR) is 65.9 cm³/mol. The lowest BCUT2D eigenvalue weighted by Gasteiger charge is -2.44. The minimum Gasteiger partial charge on any atom is -0.314 e. The SMILES string of the molecule is CC1C=C2CCCC(CNC(C)C)(C2)C1. The van der Waals surface area contributed by atoms with Crippen LogP contribution in [-0.4, -0.2) is 12.6 Å². The summed E-state index contributed by atoms with van der Waals surface area (Å²) in [5, 5.41) is 3.65. The maximum absolute atomic E-state index is 3.65. The molecule has 0 radical (unpaired) electrons. The Morgan fingerprint density at radius 1 is 1.53 bits per heavy atom. The molecule has 0 spiro atoms. The van der Waals surface area contributed by atoms with Crippen LogP contribution in [0.2, 0.25) is 0 Å². The van der Waals surface area contributed by atoms with Gasteiger partial charge in [-0.15, -0.1) is 0 Å². The molecule has 2 unspecified atom stereocenters. The fourth-order valence-corrected chi connectivity index (χ4v) is 3.45. The highest BCUT2D eigenvalue weighted by molar-refractivity contribution is 5.16. The molecule has 0 aliphatic heterocycles. The third-order valence-corrected chi connectivity index (χ3v) is 3.97. The molecule has 1 saturated carbocycles. The molecular formula is C14H25N. The van der Waals surface area contributed by atoms with Crippen LogP contribution >= 0.6 is 0 Å². The smallest absolute Gasteiger partial charge is 0.00135 e. The van der Waals surface area contributed by atoms with Gasteiger partial charge in [0.05, 0.1) is 0 Å². The zero-order valence-electron chi connectivity index (χ0n) is 10.5. The fourth-order valence-electron chi connectivity index (χ4n) is 3.45. The molecule has 1 nitrogen and oxygen atoms in total. The lowest BCUT2D eigenvalue weighted by molar-refractivity contribution is 0.161. The van der Waals surface area contributed by atoms with Gasteiger partial charge >= 0.3 is 0 Å². The van der Waals surface area contributed by atoms with E-state index in [0.717, 1.165) is 5.92 Å². The van der Waals surface area contributed by atoms with Gasteiger partial charge in [0.25, 0.3) is 0 Å². The first-order valence-corrected chi connectivity index (χ1v) is 6.53. The quantitative estimate of drug-likeness (QED) is 0.698. The first-order valence-electron chi connectivity index (χ1n) is 6.53. The maximum atomic E-state index is 3.65. The van der Waals surface area contributed by atoms with Gasteiger partial charge in [-0.25, -0.2) is 0 Å². The second-order valence-corrected chi connectivity index (χ2v) is 6.07. The Bertz CT molecular complexity index is 254. The van der Waals surface area contributed by atoms with E-state index < -0.39 is 0 Å². The molecule has 15 heavy (non-hydrogen) atoms. The van der Waals surface area contributed by atoms with Crippen molar-refractivity contribution >= 4 is 0 Å². The van der Waals surface area contributed by atoms with Crippen molar-refractivity contribution in [2.45, 2.75) is 58.9 Å². The van der Waals surface area contributed by atoms with Gasteiger partial charge in [-0.3, -0.25) is 0 Å². The van der Waals surface area contributed by atoms with Crippen LogP contribution < -0.4 is 5.32 Å². The van der Waals surface area contributed by atoms with E-state index in [1.807, 2.05) is 0 Å². The van der Waals surface area contributed by atoms with Crippen LogP contribution in [0.3, 0.4) is 0 Å². The second kappa shape index (κ2) is 4.29. The average Bonchev–Trinajstić information content (AvgIpc) is 2.14. The third kappa shape index (κ3) is 2.63. The zero-order chi connectivity index (χ0) is 10.9. The molecule has 0 aromatic rings. The molecule has 1 fully saturated rings. The number of allylic oxidation sites excluding steroid dienone is 2. The van der Waals surface area contributed by atoms with Crippen molar-refractivity contribution in [2.24, 2.45) is 11.3 Å². The number of nitrogens with one attached hydrogen (secondary N) is 1. The van der Waals surface area contributed by atoms with Gasteiger partial charge < -0.3 is 5.32 Å². The highest BCUT2D eigenvalue weighted by atomic mass is 14.9. The minimum atomic E-state index is 0.603. The summed E-state index contributed by atoms with van der Waals surface area (Å²) in [5.74, 6) is 0.808. The number of hydrogen-bond donors (Lipinski definition) is 1. The topological polar surface area (TPSA) is 12.0 Å². The predicted octanol–water partition coefficient (Wildman–Crippen LogP) is 3.51. The first-order chi connectivity index (χ1) is 7.10. The molecule has 2 bridgehead atoms. The Morgan fingerprint density at radius 2 is 2.33 bits per heavy atom. The highest BCUT2D eigenvalue weighted by Gasteiger charge is 2.37. The van der Waals surface area contributed by atoms with Crippen molar-refractivity contribution in [3.8, 4) is 0 Å². The largest absolute Gasteiger partial charge is 0.314 e. The Hall–Kier alpha value is -0.300. The molecule has 86 valence electrons. The molecule has 1 heteroatoms. The van der Waals surface area contributed by atoms with Crippen LogP contribution in [0.5, 0.6) is 0 Å². The standard InChI is InChI=1S/C14H25N/c1-11(2)15-10-14-6-4-5-13(9-14)7-12(3)8-14/h7,11-12,15H,4-6,8-10H2,1-3H3. The van der Waals surface area contributed by atoms with Crippen molar-refractivity contribution in [3.05, 3.63) is 11.6 Å². The maximum Gasteiger partial charge on any atom is 0.00135 e. The van der Waals surface area contributed by atoms with Crippen molar-refractivity contribution in [2.75, 3.05) is 6.54 Å². The molecule has 0 aromatic carbocycles. The molecule has 2 rings (SSSR count). The third-order valence-electron chi connectivity index (χ3n) is 3.97. The zero-order valence-corrected chi connectivity index (χ0v) is 10.5. The summed E-state index contributed by atoms with van der Waals surface area (Å²) >= 11 is 0. The normalized spacial score (nSPS) is 35.5. The lowest BCUT2D eigenvalue weighted by Crippen LogP contribution is -2.42. The fraction of sp³-hybridized carbons (Fsp3) is 0.857. The van der Waals surface area contributed by atoms with Crippen LogP contribution in [0, 0.1) is 11.3 Å². The monoisotopic (exact) mass is 207 g/mol. The summed E-state index contributed by atoms with van der Waals surface area (Å²) in [6, 6.07) is 0.631. The summed E-state index contributed by atoms with van der Waals surface area (Å²) in [6.07, 6.45) is 9.53. The Labute approximate surface area is 94.3 Å². The van der Waals surface area contributed by atoms with Gasteiger partial charge in [0, 0.05) is 12.6 Å². The lowest BCUT2D eigenvalue weighted by atomic mass is 9.63. The molecule has 2 aliphatic carbocycles. The van der Waals surface area contributed by atoms with Crippen LogP contribution in [0.25, 0.3) is 0 Å². The molecule has 0 amide bonds. The van der Waals surface area contributed by atoms with Crippen molar-refractivity contribution in [1.82, 2.24) is 5.32 Å². The Morgan fingerprint density at radius 3 is 3.07 bits per heavy atom. The van der Waals surface area contributed by atoms with Gasteiger partial charge in [-0.2, -0.15) is 0 Å². The summed E-state index contributed by atoms with van der Waals surface area (Å²) in [6.45, 7) is 8.12. The summed E-state index contributed by atoms with van der Waals surface area (Å²) in [5.41, 5.74) is 2.34. The van der Waals surface area contributed by atoms with Gasteiger partial charge in [0.15, 0.2) is 0 Å². The molecule has 2 atom stereocenters. The Kier molecular flexibility index (Phi) is 3.20. The van der Waals surface area contributed by atoms with E-state index in [1.165, 1.54) is 38.6 Å². The Balaban J connectivity index is 2.03. The van der Waals surface area contributed by atoms with Gasteiger partial charge in [-0.05, 0) is 43.4 Å². The first kappa shape index (κ1) is 11.2. The van der Waals surface area contributed by atoms with Gasteiger partial charge in [-0.1, -0.05) is 32.4 Å². The highest BCUT2D eigenvalue weighted by Crippen LogP contribution is 2.47. The summed E-state index contributed by atoms with van der Waals surface area (Å²) in [7, 11) is 0. The van der Waals surface area contributed by atoms with E-state index in [-0.39, 0.29) is 0 Å². The summed E-state index contributed by atoms with van der Waals surface area (Å²) < 4.78 is 0. The van der Waals surface area contributed by atoms with Crippen molar-refractivity contribution in [1.29, 1.82) is 0 Å². The van der Waals surface area contributed by atoms with Crippen molar-refractivity contribution in [3.63, 3.8) is 0 Å². The van der Waals surface area contributed by atoms with E-state index in [4.69, 9.17) is 0 Å².